The zero-order chi connectivity index (χ0) is 24.1. The van der Waals surface area contributed by atoms with E-state index in [0.717, 1.165) is 0 Å². The number of H-pyrrole nitrogens is 1. The Morgan fingerprint density at radius 2 is 1.78 bits per heavy atom. The number of aromatic nitrogens is 2. The second-order valence-electron chi connectivity index (χ2n) is 7.66. The predicted molar refractivity (Wildman–Crippen MR) is 117 cm³/mol. The molecule has 9 N–H and O–H groups in total. The third-order valence-electron chi connectivity index (χ3n) is 5.17. The minimum atomic E-state index is -1.16. The van der Waals surface area contributed by atoms with Gasteiger partial charge in [0.15, 0.2) is 0 Å². The molecule has 0 saturated heterocycles. The average Bonchev–Trinajstić information content (AvgIpc) is 3.28. The van der Waals surface area contributed by atoms with Crippen molar-refractivity contribution in [3.05, 3.63) is 18.2 Å². The van der Waals surface area contributed by atoms with Crippen LogP contribution in [0.3, 0.4) is 0 Å². The Morgan fingerprint density at radius 3 is 2.31 bits per heavy atom. The summed E-state index contributed by atoms with van der Waals surface area (Å²) in [5, 5.41) is 17.2. The molecule has 1 aromatic heterocycles. The second kappa shape index (κ2) is 14.1. The van der Waals surface area contributed by atoms with E-state index in [4.69, 9.17) is 11.5 Å². The van der Waals surface area contributed by atoms with Gasteiger partial charge in [-0.15, -0.1) is 0 Å². The lowest BCUT2D eigenvalue weighted by molar-refractivity contribution is -0.143. The number of aromatic amines is 1. The Balaban J connectivity index is 3.01. The van der Waals surface area contributed by atoms with Crippen molar-refractivity contribution in [1.82, 2.24) is 25.9 Å². The molecule has 12 heteroatoms. The van der Waals surface area contributed by atoms with Gasteiger partial charge in [-0.3, -0.25) is 14.4 Å². The molecule has 0 aliphatic rings. The van der Waals surface area contributed by atoms with Crippen molar-refractivity contribution < 1.29 is 24.3 Å². The summed E-state index contributed by atoms with van der Waals surface area (Å²) in [7, 11) is 0. The van der Waals surface area contributed by atoms with E-state index in [9.17, 15) is 24.3 Å². The number of nitrogens with one attached hydrogen (secondary N) is 4. The molecule has 1 heterocycles. The largest absolute Gasteiger partial charge is 0.480 e. The van der Waals surface area contributed by atoms with Crippen molar-refractivity contribution in [3.8, 4) is 0 Å². The van der Waals surface area contributed by atoms with E-state index in [1.165, 1.54) is 12.5 Å². The number of hydrogen-bond donors (Lipinski definition) is 7. The van der Waals surface area contributed by atoms with Crippen LogP contribution in [-0.4, -0.2) is 70.0 Å². The molecule has 0 aromatic carbocycles. The summed E-state index contributed by atoms with van der Waals surface area (Å²) in [5.74, 6) is -3.19. The zero-order valence-corrected chi connectivity index (χ0v) is 18.6. The number of carboxylic acid groups (broad SMARTS) is 1. The van der Waals surface area contributed by atoms with Crippen LogP contribution in [-0.2, 0) is 25.6 Å². The van der Waals surface area contributed by atoms with Crippen molar-refractivity contribution in [2.24, 2.45) is 17.4 Å². The van der Waals surface area contributed by atoms with Crippen LogP contribution in [0.4, 0.5) is 0 Å². The average molecular weight is 454 g/mol. The molecule has 4 unspecified atom stereocenters. The molecule has 0 aliphatic carbocycles. The fourth-order valence-electron chi connectivity index (χ4n) is 3.05. The highest BCUT2D eigenvalue weighted by Crippen LogP contribution is 2.10. The number of unbranched alkanes of at least 4 members (excludes halogenated alkanes) is 1. The van der Waals surface area contributed by atoms with Crippen molar-refractivity contribution in [1.29, 1.82) is 0 Å². The molecule has 1 rings (SSSR count). The number of imidazole rings is 1. The monoisotopic (exact) mass is 453 g/mol. The summed E-state index contributed by atoms with van der Waals surface area (Å²) in [6.45, 7) is 3.70. The van der Waals surface area contributed by atoms with Crippen LogP contribution in [0, 0.1) is 5.92 Å². The molecule has 180 valence electrons. The van der Waals surface area contributed by atoms with E-state index >= 15 is 0 Å². The molecule has 3 amide bonds. The van der Waals surface area contributed by atoms with Crippen molar-refractivity contribution in [2.75, 3.05) is 13.1 Å². The van der Waals surface area contributed by atoms with E-state index in [0.29, 0.717) is 37.9 Å². The van der Waals surface area contributed by atoms with Crippen LogP contribution < -0.4 is 27.4 Å². The maximum Gasteiger partial charge on any atom is 0.326 e. The maximum absolute atomic E-state index is 13.0. The number of nitrogens with two attached hydrogens (primary N) is 2. The van der Waals surface area contributed by atoms with Gasteiger partial charge in [0.2, 0.25) is 17.7 Å². The highest BCUT2D eigenvalue weighted by Gasteiger charge is 2.31. The Labute approximate surface area is 187 Å². The molecular weight excluding hydrogens is 418 g/mol. The molecule has 12 nitrogen and oxygen atoms in total. The standard InChI is InChI=1S/C20H35N7O5/c1-3-12(2)17(20(31)32)27-19(30)15(8-13-10-23-11-24-13)26-18(29)14(6-4-5-7-21)25-16(28)9-22/h10-12,14-15,17H,3-9,21-22H2,1-2H3,(H,23,24)(H,25,28)(H,26,29)(H,27,30)(H,31,32). The lowest BCUT2D eigenvalue weighted by atomic mass is 9.98. The van der Waals surface area contributed by atoms with E-state index in [2.05, 4.69) is 25.9 Å². The summed E-state index contributed by atoms with van der Waals surface area (Å²) in [6, 6.07) is -3.09. The van der Waals surface area contributed by atoms with Gasteiger partial charge in [-0.1, -0.05) is 20.3 Å². The topological polar surface area (TPSA) is 205 Å². The Morgan fingerprint density at radius 1 is 1.09 bits per heavy atom. The van der Waals surface area contributed by atoms with Crippen LogP contribution in [0.25, 0.3) is 0 Å². The Bertz CT molecular complexity index is 741. The summed E-state index contributed by atoms with van der Waals surface area (Å²) in [5.41, 5.74) is 11.4. The van der Waals surface area contributed by atoms with Crippen LogP contribution in [0.5, 0.6) is 0 Å². The van der Waals surface area contributed by atoms with E-state index in [-0.39, 0.29) is 18.9 Å². The number of carboxylic acids is 1. The zero-order valence-electron chi connectivity index (χ0n) is 18.6. The van der Waals surface area contributed by atoms with Crippen molar-refractivity contribution in [2.45, 2.75) is 64.1 Å². The predicted octanol–water partition coefficient (Wildman–Crippen LogP) is -1.37. The fraction of sp³-hybridized carbons (Fsp3) is 0.650. The molecule has 0 spiro atoms. The quantitative estimate of drug-likeness (QED) is 0.157. The summed E-state index contributed by atoms with van der Waals surface area (Å²) in [6.07, 6.45) is 5.11. The summed E-state index contributed by atoms with van der Waals surface area (Å²) in [4.78, 5) is 56.0. The minimum absolute atomic E-state index is 0.0603. The van der Waals surface area contributed by atoms with E-state index in [1.807, 2.05) is 6.92 Å². The van der Waals surface area contributed by atoms with E-state index < -0.39 is 41.8 Å². The first-order valence-electron chi connectivity index (χ1n) is 10.7. The van der Waals surface area contributed by atoms with Crippen LogP contribution in [0.2, 0.25) is 0 Å². The van der Waals surface area contributed by atoms with Crippen molar-refractivity contribution >= 4 is 23.7 Å². The number of nitrogens with zero attached hydrogens (tertiary/aromatic N) is 1. The molecule has 0 fully saturated rings. The molecule has 1 aromatic rings. The van der Waals surface area contributed by atoms with Gasteiger partial charge in [-0.2, -0.15) is 0 Å². The smallest absolute Gasteiger partial charge is 0.326 e. The fourth-order valence-corrected chi connectivity index (χ4v) is 3.05. The highest BCUT2D eigenvalue weighted by molar-refractivity contribution is 5.93. The van der Waals surface area contributed by atoms with Crippen LogP contribution >= 0.6 is 0 Å². The SMILES string of the molecule is CCC(C)C(NC(=O)C(Cc1cnc[nH]1)NC(=O)C(CCCCN)NC(=O)CN)C(=O)O. The molecular formula is C20H35N7O5. The van der Waals surface area contributed by atoms with Crippen molar-refractivity contribution in [3.63, 3.8) is 0 Å². The lowest BCUT2D eigenvalue weighted by Gasteiger charge is -2.26. The van der Waals surface area contributed by atoms with Gasteiger partial charge in [0.25, 0.3) is 0 Å². The molecule has 0 saturated carbocycles. The molecule has 0 aliphatic heterocycles. The lowest BCUT2D eigenvalue weighted by Crippen LogP contribution is -2.57. The first kappa shape index (κ1) is 27.0. The van der Waals surface area contributed by atoms with Crippen LogP contribution in [0.1, 0.15) is 45.2 Å². The van der Waals surface area contributed by atoms with Gasteiger partial charge in [-0.25, -0.2) is 9.78 Å². The first-order chi connectivity index (χ1) is 15.2. The molecule has 0 bridgehead atoms. The van der Waals surface area contributed by atoms with Gasteiger partial charge < -0.3 is 37.5 Å². The summed E-state index contributed by atoms with van der Waals surface area (Å²) >= 11 is 0. The van der Waals surface area contributed by atoms with Gasteiger partial charge in [-0.05, 0) is 31.7 Å². The Hall–Kier alpha value is -2.99. The number of hydrogen-bond acceptors (Lipinski definition) is 7. The Kier molecular flexibility index (Phi) is 12.0. The first-order valence-corrected chi connectivity index (χ1v) is 10.7. The number of rotatable bonds is 15. The van der Waals surface area contributed by atoms with Gasteiger partial charge in [0.1, 0.15) is 18.1 Å². The van der Waals surface area contributed by atoms with Gasteiger partial charge >= 0.3 is 5.97 Å². The number of amides is 3. The number of carbonyl (C=O) groups is 4. The highest BCUT2D eigenvalue weighted by atomic mass is 16.4. The molecule has 4 atom stereocenters. The minimum Gasteiger partial charge on any atom is -0.480 e. The van der Waals surface area contributed by atoms with Gasteiger partial charge in [0.05, 0.1) is 12.9 Å². The summed E-state index contributed by atoms with van der Waals surface area (Å²) < 4.78 is 0. The van der Waals surface area contributed by atoms with E-state index in [1.54, 1.807) is 6.92 Å². The van der Waals surface area contributed by atoms with Gasteiger partial charge in [0, 0.05) is 18.3 Å². The normalized spacial score (nSPS) is 14.6. The number of carbonyl (C=O) groups excluding carboxylic acids is 3. The third kappa shape index (κ3) is 9.02. The third-order valence-corrected chi connectivity index (χ3v) is 5.17. The maximum atomic E-state index is 13.0. The number of aliphatic carboxylic acids is 1. The molecule has 32 heavy (non-hydrogen) atoms. The second-order valence-corrected chi connectivity index (χ2v) is 7.66. The van der Waals surface area contributed by atoms with Crippen LogP contribution in [0.15, 0.2) is 12.5 Å². The molecule has 0 radical (unpaired) electrons.